The monoisotopic (exact) mass is 548 g/mol. The van der Waals surface area contributed by atoms with E-state index in [1.165, 1.54) is 57.1 Å². The molecule has 2 aromatic carbocycles. The fourth-order valence-corrected chi connectivity index (χ4v) is 5.32. The van der Waals surface area contributed by atoms with Gasteiger partial charge in [0.1, 0.15) is 6.04 Å². The molecule has 3 N–H and O–H groups in total. The van der Waals surface area contributed by atoms with E-state index < -0.39 is 12.0 Å². The zero-order valence-corrected chi connectivity index (χ0v) is 25.7. The fraction of sp³-hybridized carbons (Fsp3) is 0.562. The molecule has 0 aromatic heterocycles. The Bertz CT molecular complexity index is 1000. The number of carboxylic acid groups (broad SMARTS) is 1. The van der Waals surface area contributed by atoms with Gasteiger partial charge in [-0.05, 0) is 85.9 Å². The molecule has 1 amide bonds. The quantitative estimate of drug-likeness (QED) is 0.256. The van der Waals surface area contributed by atoms with E-state index in [1.54, 1.807) is 11.8 Å². The Morgan fingerprint density at radius 2 is 1.77 bits per heavy atom. The molecule has 0 radical (unpaired) electrons. The van der Waals surface area contributed by atoms with Crippen molar-refractivity contribution in [2.75, 3.05) is 18.6 Å². The minimum atomic E-state index is -1.00. The van der Waals surface area contributed by atoms with Gasteiger partial charge in [0.15, 0.2) is 0 Å². The zero-order chi connectivity index (χ0) is 27.8. The predicted molar refractivity (Wildman–Crippen MR) is 163 cm³/mol. The molecule has 3 rings (SSSR count). The van der Waals surface area contributed by atoms with Gasteiger partial charge in [0.25, 0.3) is 5.91 Å². The predicted octanol–water partition coefficient (Wildman–Crippen LogP) is 4.38. The molecule has 39 heavy (non-hydrogen) atoms. The van der Waals surface area contributed by atoms with Crippen LogP contribution < -0.4 is 29.5 Å². The maximum atomic E-state index is 12.9. The maximum Gasteiger partial charge on any atom is 1.00 e. The molecule has 7 heteroatoms. The van der Waals surface area contributed by atoms with Crippen molar-refractivity contribution in [1.82, 2.24) is 10.6 Å². The zero-order valence-electron chi connectivity index (χ0n) is 25.9. The molecule has 212 valence electrons. The topological polar surface area (TPSA) is 78.4 Å². The second-order valence-corrected chi connectivity index (χ2v) is 11.2. The minimum absolute atomic E-state index is 0. The Balaban J connectivity index is 0.000000988. The summed E-state index contributed by atoms with van der Waals surface area (Å²) < 4.78 is 0. The van der Waals surface area contributed by atoms with Crippen LogP contribution in [0.3, 0.4) is 0 Å². The third kappa shape index (κ3) is 12.6. The Labute approximate surface area is 254 Å². The van der Waals surface area contributed by atoms with Gasteiger partial charge in [-0.3, -0.25) is 4.79 Å². The van der Waals surface area contributed by atoms with Crippen LogP contribution >= 0.6 is 11.8 Å². The Morgan fingerprint density at radius 3 is 2.38 bits per heavy atom. The summed E-state index contributed by atoms with van der Waals surface area (Å²) in [7, 11) is 0. The number of carbonyl (C=O) groups is 2. The van der Waals surface area contributed by atoms with Crippen LogP contribution in [0.1, 0.15) is 94.5 Å². The van der Waals surface area contributed by atoms with Gasteiger partial charge in [-0.25, -0.2) is 4.79 Å². The van der Waals surface area contributed by atoms with E-state index in [0.717, 1.165) is 35.6 Å². The summed E-state index contributed by atoms with van der Waals surface area (Å²) in [6.07, 6.45) is 14.1. The summed E-state index contributed by atoms with van der Waals surface area (Å²) in [5.74, 6) is -0.667. The van der Waals surface area contributed by atoms with Crippen LogP contribution in [0.25, 0.3) is 11.1 Å². The first-order valence-corrected chi connectivity index (χ1v) is 15.8. The fourth-order valence-electron chi connectivity index (χ4n) is 4.85. The average Bonchev–Trinajstić information content (AvgIpc) is 2.92. The van der Waals surface area contributed by atoms with Crippen LogP contribution in [0.2, 0.25) is 0 Å². The second kappa shape index (κ2) is 20.2. The van der Waals surface area contributed by atoms with Crippen molar-refractivity contribution >= 4 is 23.6 Å². The van der Waals surface area contributed by atoms with E-state index in [2.05, 4.69) is 30.5 Å². The molecule has 5 nitrogen and oxygen atoms in total. The van der Waals surface area contributed by atoms with Gasteiger partial charge in [-0.1, -0.05) is 82.3 Å². The van der Waals surface area contributed by atoms with Gasteiger partial charge in [-0.2, -0.15) is 11.8 Å². The van der Waals surface area contributed by atoms with Crippen molar-refractivity contribution in [1.29, 1.82) is 0 Å². The van der Waals surface area contributed by atoms with Gasteiger partial charge in [0.2, 0.25) is 0 Å². The first kappa shape index (κ1) is 35.3. The number of nitrogens with one attached hydrogen (secondary N) is 2. The van der Waals surface area contributed by atoms with E-state index in [0.29, 0.717) is 17.7 Å². The summed E-state index contributed by atoms with van der Waals surface area (Å²) in [5.41, 5.74) is 4.61. The number of aliphatic carboxylic acids is 1. The molecular formula is C32H49LiN2O3S. The third-order valence-electron chi connectivity index (χ3n) is 7.09. The number of rotatable bonds is 13. The van der Waals surface area contributed by atoms with E-state index in [-0.39, 0.29) is 26.2 Å². The van der Waals surface area contributed by atoms with E-state index in [9.17, 15) is 14.7 Å². The van der Waals surface area contributed by atoms with E-state index in [1.807, 2.05) is 49.6 Å². The second-order valence-electron chi connectivity index (χ2n) is 10.2. The average molecular weight is 549 g/mol. The molecule has 2 aromatic rings. The Hall–Kier alpha value is -1.71. The van der Waals surface area contributed by atoms with Gasteiger partial charge in [-0.15, -0.1) is 0 Å². The van der Waals surface area contributed by atoms with Crippen molar-refractivity contribution in [2.24, 2.45) is 0 Å². The number of hydrogen-bond acceptors (Lipinski definition) is 4. The SMILES string of the molecule is CCCCNC1CCCCC1.CCCc1ccc(C(=O)NC(CCSC)C(=O)O)c(-c2ccccc2C)c1.[H-].[Li+]. The summed E-state index contributed by atoms with van der Waals surface area (Å²) in [6.45, 7) is 7.63. The maximum absolute atomic E-state index is 12.9. The number of carboxylic acids is 1. The van der Waals surface area contributed by atoms with Crippen LogP contribution in [0.5, 0.6) is 0 Å². The molecule has 1 aliphatic carbocycles. The molecule has 0 saturated heterocycles. The summed E-state index contributed by atoms with van der Waals surface area (Å²) in [5, 5.41) is 15.7. The summed E-state index contributed by atoms with van der Waals surface area (Å²) >= 11 is 1.57. The largest absolute Gasteiger partial charge is 1.00 e. The van der Waals surface area contributed by atoms with Gasteiger partial charge in [0.05, 0.1) is 0 Å². The number of unbranched alkanes of at least 4 members (excludes halogenated alkanes) is 1. The summed E-state index contributed by atoms with van der Waals surface area (Å²) in [6, 6.07) is 13.7. The number of benzene rings is 2. The standard InChI is InChI=1S/C22H27NO3S.C10H21N.Li.H/c1-4-7-16-10-11-18(19(14-16)17-9-6-5-8-15(17)2)21(24)23-20(22(25)26)12-13-27-3;1-2-3-9-11-10-7-5-4-6-8-10;;/h5-6,8-11,14,20H,4,7,12-13H2,1-3H3,(H,23,24)(H,25,26);10-11H,2-9H2,1H3;;/q;;+1;-1. The Morgan fingerprint density at radius 1 is 1.05 bits per heavy atom. The number of thioether (sulfide) groups is 1. The molecule has 1 fully saturated rings. The first-order valence-electron chi connectivity index (χ1n) is 14.4. The van der Waals surface area contributed by atoms with Crippen molar-refractivity contribution in [2.45, 2.75) is 97.1 Å². The van der Waals surface area contributed by atoms with Crippen molar-refractivity contribution in [3.8, 4) is 11.1 Å². The molecule has 1 saturated carbocycles. The van der Waals surface area contributed by atoms with Crippen molar-refractivity contribution in [3.05, 3.63) is 59.2 Å². The Kier molecular flexibility index (Phi) is 18.3. The van der Waals surface area contributed by atoms with Crippen LogP contribution in [0.15, 0.2) is 42.5 Å². The first-order chi connectivity index (χ1) is 18.4. The molecule has 0 spiro atoms. The van der Waals surface area contributed by atoms with Crippen LogP contribution in [0, 0.1) is 6.92 Å². The van der Waals surface area contributed by atoms with Crippen LogP contribution in [0.4, 0.5) is 0 Å². The van der Waals surface area contributed by atoms with Gasteiger partial charge < -0.3 is 17.2 Å². The van der Waals surface area contributed by atoms with Crippen molar-refractivity contribution in [3.63, 3.8) is 0 Å². The molecule has 1 atom stereocenters. The van der Waals surface area contributed by atoms with E-state index in [4.69, 9.17) is 0 Å². The van der Waals surface area contributed by atoms with Gasteiger partial charge >= 0.3 is 24.8 Å². The van der Waals surface area contributed by atoms with Gasteiger partial charge in [0, 0.05) is 11.6 Å². The molecule has 1 unspecified atom stereocenters. The molecule has 1 aliphatic rings. The summed E-state index contributed by atoms with van der Waals surface area (Å²) in [4.78, 5) is 24.4. The van der Waals surface area contributed by atoms with Crippen LogP contribution in [-0.4, -0.2) is 47.6 Å². The molecular weight excluding hydrogens is 499 g/mol. The number of amides is 1. The minimum Gasteiger partial charge on any atom is -1.00 e. The number of aryl methyl sites for hydroxylation is 2. The third-order valence-corrected chi connectivity index (χ3v) is 7.73. The normalized spacial score (nSPS) is 13.9. The number of hydrogen-bond donors (Lipinski definition) is 3. The molecule has 0 aliphatic heterocycles. The van der Waals surface area contributed by atoms with Crippen LogP contribution in [-0.2, 0) is 11.2 Å². The smallest absolute Gasteiger partial charge is 1.00 e. The van der Waals surface area contributed by atoms with Crippen molar-refractivity contribution < 1.29 is 35.0 Å². The van der Waals surface area contributed by atoms with E-state index >= 15 is 0 Å². The number of carbonyl (C=O) groups excluding carboxylic acids is 1. The molecule has 0 heterocycles. The molecule has 0 bridgehead atoms.